The molecule has 3 rings (SSSR count). The second-order valence-electron chi connectivity index (χ2n) is 5.18. The van der Waals surface area contributed by atoms with Crippen LogP contribution in [0.3, 0.4) is 0 Å². The second-order valence-corrected chi connectivity index (χ2v) is 6.04. The van der Waals surface area contributed by atoms with E-state index in [1.807, 2.05) is 42.6 Å². The largest absolute Gasteiger partial charge is 0.252 e. The molecule has 0 saturated heterocycles. The number of anilines is 1. The summed E-state index contributed by atoms with van der Waals surface area (Å²) in [5, 5.41) is 7.00. The van der Waals surface area contributed by atoms with Crippen LogP contribution < -0.4 is 5.43 Å². The quantitative estimate of drug-likeness (QED) is 0.535. The third-order valence-electron chi connectivity index (χ3n) is 3.47. The number of hydrogen-bond acceptors (Lipinski definition) is 4. The standard InChI is InChI=1S/C18H16FN3S/c1-12-10-15(8-9-16(12)19)17-11-23-18(20-17)22-21-13(2)14-6-4-3-5-7-14/h3-11H,1-2H3,(H,20,22)/b21-13+. The highest BCUT2D eigenvalue weighted by Gasteiger charge is 2.06. The van der Waals surface area contributed by atoms with Gasteiger partial charge in [-0.25, -0.2) is 9.37 Å². The zero-order valence-corrected chi connectivity index (χ0v) is 13.7. The molecule has 1 heterocycles. The average molecular weight is 325 g/mol. The predicted octanol–water partition coefficient (Wildman–Crippen LogP) is 5.09. The Kier molecular flexibility index (Phi) is 4.48. The van der Waals surface area contributed by atoms with Crippen molar-refractivity contribution < 1.29 is 4.39 Å². The summed E-state index contributed by atoms with van der Waals surface area (Å²) < 4.78 is 13.3. The van der Waals surface area contributed by atoms with E-state index in [1.54, 1.807) is 19.1 Å². The molecule has 3 aromatic rings. The number of nitrogens with zero attached hydrogens (tertiary/aromatic N) is 2. The molecule has 1 aromatic heterocycles. The number of aryl methyl sites for hydroxylation is 1. The molecule has 0 saturated carbocycles. The number of benzene rings is 2. The van der Waals surface area contributed by atoms with Gasteiger partial charge in [0, 0.05) is 10.9 Å². The van der Waals surface area contributed by atoms with Crippen molar-refractivity contribution in [3.63, 3.8) is 0 Å². The van der Waals surface area contributed by atoms with Crippen molar-refractivity contribution in [2.24, 2.45) is 5.10 Å². The Balaban J connectivity index is 1.76. The number of hydrogen-bond donors (Lipinski definition) is 1. The van der Waals surface area contributed by atoms with Crippen LogP contribution in [0, 0.1) is 12.7 Å². The van der Waals surface area contributed by atoms with E-state index in [1.165, 1.54) is 17.4 Å². The lowest BCUT2D eigenvalue weighted by Gasteiger charge is -2.01. The third-order valence-corrected chi connectivity index (χ3v) is 4.22. The Labute approximate surface area is 138 Å². The number of nitrogens with one attached hydrogen (secondary N) is 1. The van der Waals surface area contributed by atoms with E-state index in [0.29, 0.717) is 10.7 Å². The van der Waals surface area contributed by atoms with Gasteiger partial charge in [-0.15, -0.1) is 11.3 Å². The van der Waals surface area contributed by atoms with Gasteiger partial charge in [0.15, 0.2) is 0 Å². The van der Waals surface area contributed by atoms with Gasteiger partial charge >= 0.3 is 0 Å². The number of hydrazone groups is 1. The predicted molar refractivity (Wildman–Crippen MR) is 94.5 cm³/mol. The van der Waals surface area contributed by atoms with Crippen LogP contribution in [-0.4, -0.2) is 10.7 Å². The van der Waals surface area contributed by atoms with E-state index in [4.69, 9.17) is 0 Å². The maximum atomic E-state index is 13.3. The number of thiazole rings is 1. The van der Waals surface area contributed by atoms with E-state index >= 15 is 0 Å². The molecular formula is C18H16FN3S. The van der Waals surface area contributed by atoms with Crippen molar-refractivity contribution in [1.29, 1.82) is 0 Å². The summed E-state index contributed by atoms with van der Waals surface area (Å²) in [5.74, 6) is -0.203. The van der Waals surface area contributed by atoms with Crippen LogP contribution in [0.1, 0.15) is 18.1 Å². The molecule has 0 aliphatic rings. The number of halogens is 1. The first kappa shape index (κ1) is 15.4. The lowest BCUT2D eigenvalue weighted by molar-refractivity contribution is 0.619. The van der Waals surface area contributed by atoms with Gasteiger partial charge < -0.3 is 0 Å². The summed E-state index contributed by atoms with van der Waals surface area (Å²) in [4.78, 5) is 4.49. The Morgan fingerprint density at radius 2 is 1.96 bits per heavy atom. The fourth-order valence-electron chi connectivity index (χ4n) is 2.14. The number of rotatable bonds is 4. The van der Waals surface area contributed by atoms with Gasteiger partial charge in [-0.05, 0) is 43.2 Å². The molecule has 5 heteroatoms. The molecule has 116 valence electrons. The molecule has 23 heavy (non-hydrogen) atoms. The van der Waals surface area contributed by atoms with Crippen LogP contribution in [-0.2, 0) is 0 Å². The van der Waals surface area contributed by atoms with Gasteiger partial charge in [0.25, 0.3) is 0 Å². The van der Waals surface area contributed by atoms with Crippen LogP contribution in [0.15, 0.2) is 59.0 Å². The normalized spacial score (nSPS) is 11.5. The summed E-state index contributed by atoms with van der Waals surface area (Å²) in [7, 11) is 0. The Hall–Kier alpha value is -2.53. The van der Waals surface area contributed by atoms with Crippen LogP contribution in [0.25, 0.3) is 11.3 Å². The first-order chi connectivity index (χ1) is 11.1. The maximum absolute atomic E-state index is 13.3. The van der Waals surface area contributed by atoms with Gasteiger partial charge in [0.2, 0.25) is 5.13 Å². The molecule has 0 aliphatic heterocycles. The molecular weight excluding hydrogens is 309 g/mol. The Bertz CT molecular complexity index is 840. The smallest absolute Gasteiger partial charge is 0.203 e. The molecule has 0 spiro atoms. The monoisotopic (exact) mass is 325 g/mol. The fourth-order valence-corrected chi connectivity index (χ4v) is 2.80. The maximum Gasteiger partial charge on any atom is 0.203 e. The minimum absolute atomic E-state index is 0.203. The third kappa shape index (κ3) is 3.63. The first-order valence-electron chi connectivity index (χ1n) is 7.21. The first-order valence-corrected chi connectivity index (χ1v) is 8.09. The topological polar surface area (TPSA) is 37.3 Å². The summed E-state index contributed by atoms with van der Waals surface area (Å²) in [6.45, 7) is 3.69. The van der Waals surface area contributed by atoms with Crippen LogP contribution in [0.4, 0.5) is 9.52 Å². The van der Waals surface area contributed by atoms with E-state index in [9.17, 15) is 4.39 Å². The molecule has 2 aromatic carbocycles. The lowest BCUT2D eigenvalue weighted by atomic mass is 10.1. The van der Waals surface area contributed by atoms with Gasteiger partial charge in [-0.3, -0.25) is 5.43 Å². The average Bonchev–Trinajstić information content (AvgIpc) is 3.05. The Morgan fingerprint density at radius 1 is 1.17 bits per heavy atom. The van der Waals surface area contributed by atoms with Crippen LogP contribution >= 0.6 is 11.3 Å². The Morgan fingerprint density at radius 3 is 2.70 bits per heavy atom. The number of aromatic nitrogens is 1. The zero-order chi connectivity index (χ0) is 16.2. The van der Waals surface area contributed by atoms with E-state index < -0.39 is 0 Å². The van der Waals surface area contributed by atoms with Crippen LogP contribution in [0.5, 0.6) is 0 Å². The molecule has 0 aliphatic carbocycles. The van der Waals surface area contributed by atoms with Gasteiger partial charge in [0.1, 0.15) is 5.82 Å². The molecule has 3 nitrogen and oxygen atoms in total. The molecule has 0 unspecified atom stereocenters. The highest BCUT2D eigenvalue weighted by Crippen LogP contribution is 2.26. The molecule has 0 amide bonds. The summed E-state index contributed by atoms with van der Waals surface area (Å²) >= 11 is 1.47. The van der Waals surface area contributed by atoms with Crippen molar-refractivity contribution in [3.05, 3.63) is 70.9 Å². The highest BCUT2D eigenvalue weighted by atomic mass is 32.1. The van der Waals surface area contributed by atoms with Crippen molar-refractivity contribution in [2.75, 3.05) is 5.43 Å². The molecule has 0 atom stereocenters. The van der Waals surface area contributed by atoms with Crippen molar-refractivity contribution in [2.45, 2.75) is 13.8 Å². The summed E-state index contributed by atoms with van der Waals surface area (Å²) in [6, 6.07) is 15.0. The van der Waals surface area contributed by atoms with Crippen LogP contribution in [0.2, 0.25) is 0 Å². The van der Waals surface area contributed by atoms with Crippen molar-refractivity contribution >= 4 is 22.2 Å². The van der Waals surface area contributed by atoms with Gasteiger partial charge in [-0.1, -0.05) is 30.3 Å². The van der Waals surface area contributed by atoms with Crippen molar-refractivity contribution in [1.82, 2.24) is 4.98 Å². The molecule has 0 fully saturated rings. The molecule has 0 radical (unpaired) electrons. The SMILES string of the molecule is C/C(=N\Nc1nc(-c2ccc(F)c(C)c2)cs1)c1ccccc1. The second kappa shape index (κ2) is 6.71. The minimum atomic E-state index is -0.203. The van der Waals surface area contributed by atoms with Gasteiger partial charge in [-0.2, -0.15) is 5.10 Å². The minimum Gasteiger partial charge on any atom is -0.252 e. The van der Waals surface area contributed by atoms with E-state index in [2.05, 4.69) is 15.5 Å². The van der Waals surface area contributed by atoms with E-state index in [0.717, 1.165) is 22.5 Å². The zero-order valence-electron chi connectivity index (χ0n) is 12.9. The lowest BCUT2D eigenvalue weighted by Crippen LogP contribution is -1.99. The molecule has 0 bridgehead atoms. The van der Waals surface area contributed by atoms with Gasteiger partial charge in [0.05, 0.1) is 11.4 Å². The summed E-state index contributed by atoms with van der Waals surface area (Å²) in [6.07, 6.45) is 0. The van der Waals surface area contributed by atoms with Crippen molar-refractivity contribution in [3.8, 4) is 11.3 Å². The molecule has 1 N–H and O–H groups in total. The highest BCUT2D eigenvalue weighted by molar-refractivity contribution is 7.14. The summed E-state index contributed by atoms with van der Waals surface area (Å²) in [5.41, 5.74) is 7.26. The fraction of sp³-hybridized carbons (Fsp3) is 0.111. The van der Waals surface area contributed by atoms with E-state index in [-0.39, 0.29) is 5.82 Å².